The third-order valence-electron chi connectivity index (χ3n) is 5.49. The predicted molar refractivity (Wildman–Crippen MR) is 128 cm³/mol. The van der Waals surface area contributed by atoms with E-state index in [1.165, 1.54) is 48.5 Å². The van der Waals surface area contributed by atoms with Gasteiger partial charge < -0.3 is 0 Å². The molecule has 0 aromatic heterocycles. The summed E-state index contributed by atoms with van der Waals surface area (Å²) >= 11 is 0. The van der Waals surface area contributed by atoms with Gasteiger partial charge in [-0.15, -0.1) is 0 Å². The molecule has 0 unspecified atom stereocenters. The molecule has 0 heterocycles. The van der Waals surface area contributed by atoms with Gasteiger partial charge in [-0.1, -0.05) is 54.6 Å². The molecule has 168 valence electrons. The van der Waals surface area contributed by atoms with Crippen molar-refractivity contribution in [1.29, 1.82) is 0 Å². The summed E-state index contributed by atoms with van der Waals surface area (Å²) in [5.41, 5.74) is 2.00. The summed E-state index contributed by atoms with van der Waals surface area (Å²) in [6, 6.07) is 26.5. The van der Waals surface area contributed by atoms with Crippen LogP contribution in [0.2, 0.25) is 0 Å². The number of ketones is 3. The van der Waals surface area contributed by atoms with Gasteiger partial charge in [-0.25, -0.2) is 8.42 Å². The summed E-state index contributed by atoms with van der Waals surface area (Å²) < 4.78 is 26.1. The van der Waals surface area contributed by atoms with Gasteiger partial charge in [0.1, 0.15) is 0 Å². The van der Waals surface area contributed by atoms with Crippen LogP contribution in [-0.4, -0.2) is 25.8 Å². The zero-order valence-electron chi connectivity index (χ0n) is 18.3. The van der Waals surface area contributed by atoms with E-state index in [0.717, 1.165) is 0 Å². The van der Waals surface area contributed by atoms with Gasteiger partial charge in [0.2, 0.25) is 21.4 Å². The van der Waals surface area contributed by atoms with Crippen molar-refractivity contribution >= 4 is 27.2 Å². The molecule has 0 fully saturated rings. The molecule has 0 bridgehead atoms. The minimum atomic E-state index is -3.88. The highest BCUT2D eigenvalue weighted by Crippen LogP contribution is 2.23. The third kappa shape index (κ3) is 4.49. The first kappa shape index (κ1) is 23.0. The van der Waals surface area contributed by atoms with Crippen LogP contribution in [0.25, 0.3) is 0 Å². The Morgan fingerprint density at radius 2 is 1.00 bits per heavy atom. The second-order valence-electron chi connectivity index (χ2n) is 7.72. The molecule has 0 radical (unpaired) electrons. The lowest BCUT2D eigenvalue weighted by molar-refractivity contribution is 0.0816. The first-order valence-electron chi connectivity index (χ1n) is 10.5. The number of carbonyl (C=O) groups excluding carboxylic acids is 3. The Bertz CT molecular complexity index is 1480. The highest BCUT2D eigenvalue weighted by molar-refractivity contribution is 7.91. The Kier molecular flexibility index (Phi) is 6.34. The molecule has 0 aliphatic carbocycles. The van der Waals surface area contributed by atoms with Crippen molar-refractivity contribution in [2.45, 2.75) is 16.7 Å². The Morgan fingerprint density at radius 1 is 0.529 bits per heavy atom. The van der Waals surface area contributed by atoms with Crippen molar-refractivity contribution in [3.05, 3.63) is 131 Å². The second-order valence-corrected chi connectivity index (χ2v) is 9.67. The first-order valence-corrected chi connectivity index (χ1v) is 12.0. The number of hydrogen-bond acceptors (Lipinski definition) is 5. The summed E-state index contributed by atoms with van der Waals surface area (Å²) in [6.07, 6.45) is 0. The van der Waals surface area contributed by atoms with Gasteiger partial charge in [0.15, 0.2) is 5.78 Å². The second kappa shape index (κ2) is 9.37. The molecule has 0 N–H and O–H groups in total. The molecule has 6 heteroatoms. The molecular weight excluding hydrogens is 448 g/mol. The molecule has 0 spiro atoms. The van der Waals surface area contributed by atoms with E-state index in [0.29, 0.717) is 22.3 Å². The van der Waals surface area contributed by atoms with Crippen LogP contribution in [0.5, 0.6) is 0 Å². The van der Waals surface area contributed by atoms with Gasteiger partial charge in [0.25, 0.3) is 0 Å². The van der Waals surface area contributed by atoms with Gasteiger partial charge in [0, 0.05) is 22.3 Å². The largest absolute Gasteiger partial charge is 0.289 e. The average molecular weight is 469 g/mol. The van der Waals surface area contributed by atoms with Crippen molar-refractivity contribution in [2.24, 2.45) is 0 Å². The van der Waals surface area contributed by atoms with Crippen LogP contribution in [-0.2, 0) is 9.84 Å². The minimum absolute atomic E-state index is 0.0190. The lowest BCUT2D eigenvalue weighted by Crippen LogP contribution is -2.15. The molecule has 34 heavy (non-hydrogen) atoms. The maximum Gasteiger partial charge on any atom is 0.233 e. The molecule has 0 saturated heterocycles. The van der Waals surface area contributed by atoms with Crippen molar-refractivity contribution in [3.63, 3.8) is 0 Å². The third-order valence-corrected chi connectivity index (χ3v) is 7.27. The molecule has 0 saturated carbocycles. The summed E-state index contributed by atoms with van der Waals surface area (Å²) in [4.78, 5) is 37.7. The standard InChI is InChI=1S/C28H20O5S/c1-19-7-5-6-10-25(19)28(31)27(30)22-13-17-24(18-14-22)34(32,33)23-15-11-21(12-16-23)26(29)20-8-3-2-4-9-20/h2-18H,1H3. The first-order chi connectivity index (χ1) is 16.3. The summed E-state index contributed by atoms with van der Waals surface area (Å²) in [6.45, 7) is 1.74. The number of carbonyl (C=O) groups is 3. The quantitative estimate of drug-likeness (QED) is 0.277. The Balaban J connectivity index is 1.55. The van der Waals surface area contributed by atoms with Crippen LogP contribution >= 0.6 is 0 Å². The van der Waals surface area contributed by atoms with Crippen molar-refractivity contribution in [2.75, 3.05) is 0 Å². The van der Waals surface area contributed by atoms with Crippen molar-refractivity contribution < 1.29 is 22.8 Å². The number of benzene rings is 4. The molecular formula is C28H20O5S. The van der Waals surface area contributed by atoms with Crippen LogP contribution < -0.4 is 0 Å². The van der Waals surface area contributed by atoms with Crippen LogP contribution in [0.4, 0.5) is 0 Å². The average Bonchev–Trinajstić information content (AvgIpc) is 2.88. The Labute approximate surface area is 197 Å². The van der Waals surface area contributed by atoms with Crippen molar-refractivity contribution in [1.82, 2.24) is 0 Å². The zero-order valence-corrected chi connectivity index (χ0v) is 19.1. The smallest absolute Gasteiger partial charge is 0.233 e. The van der Waals surface area contributed by atoms with E-state index in [1.54, 1.807) is 55.5 Å². The summed E-state index contributed by atoms with van der Waals surface area (Å²) in [7, 11) is -3.88. The molecule has 0 aliphatic rings. The van der Waals surface area contributed by atoms with E-state index in [4.69, 9.17) is 0 Å². The normalized spacial score (nSPS) is 11.1. The molecule has 0 aliphatic heterocycles. The molecule has 4 aromatic rings. The lowest BCUT2D eigenvalue weighted by atomic mass is 9.98. The highest BCUT2D eigenvalue weighted by Gasteiger charge is 2.22. The summed E-state index contributed by atoms with van der Waals surface area (Å²) in [5, 5.41) is 0. The van der Waals surface area contributed by atoms with Gasteiger partial charge in [-0.05, 0) is 61.0 Å². The van der Waals surface area contributed by atoms with Gasteiger partial charge >= 0.3 is 0 Å². The summed E-state index contributed by atoms with van der Waals surface area (Å²) in [5.74, 6) is -1.56. The van der Waals surface area contributed by atoms with E-state index in [2.05, 4.69) is 0 Å². The minimum Gasteiger partial charge on any atom is -0.289 e. The van der Waals surface area contributed by atoms with Gasteiger partial charge in [-0.3, -0.25) is 14.4 Å². The van der Waals surface area contributed by atoms with E-state index in [9.17, 15) is 22.8 Å². The number of Topliss-reactive ketones (excluding diaryl/α,β-unsaturated/α-hetero) is 2. The van der Waals surface area contributed by atoms with Crippen molar-refractivity contribution in [3.8, 4) is 0 Å². The fourth-order valence-corrected chi connectivity index (χ4v) is 4.81. The zero-order chi connectivity index (χ0) is 24.3. The SMILES string of the molecule is Cc1ccccc1C(=O)C(=O)c1ccc(S(=O)(=O)c2ccc(C(=O)c3ccccc3)cc2)cc1. The van der Waals surface area contributed by atoms with Gasteiger partial charge in [-0.2, -0.15) is 0 Å². The molecule has 4 aromatic carbocycles. The maximum atomic E-state index is 13.0. The lowest BCUT2D eigenvalue weighted by Gasteiger charge is -2.08. The van der Waals surface area contributed by atoms with Gasteiger partial charge in [0.05, 0.1) is 9.79 Å². The predicted octanol–water partition coefficient (Wildman–Crippen LogP) is 5.12. The number of rotatable bonds is 7. The molecule has 0 amide bonds. The Hall–Kier alpha value is -4.16. The van der Waals surface area contributed by atoms with E-state index in [-0.39, 0.29) is 21.1 Å². The van der Waals surface area contributed by atoms with Crippen LogP contribution in [0, 0.1) is 6.92 Å². The fraction of sp³-hybridized carbons (Fsp3) is 0.0357. The van der Waals surface area contributed by atoms with Crippen LogP contribution in [0.15, 0.2) is 113 Å². The molecule has 4 rings (SSSR count). The topological polar surface area (TPSA) is 85.3 Å². The number of hydrogen-bond donors (Lipinski definition) is 0. The molecule has 0 atom stereocenters. The maximum absolute atomic E-state index is 13.0. The van der Waals surface area contributed by atoms with E-state index < -0.39 is 21.4 Å². The number of aryl methyl sites for hydroxylation is 1. The van der Waals surface area contributed by atoms with E-state index in [1.807, 2.05) is 6.07 Å². The molecule has 5 nitrogen and oxygen atoms in total. The van der Waals surface area contributed by atoms with Crippen LogP contribution in [0.3, 0.4) is 0 Å². The fourth-order valence-electron chi connectivity index (χ4n) is 3.54. The number of sulfone groups is 1. The highest BCUT2D eigenvalue weighted by atomic mass is 32.2. The Morgan fingerprint density at radius 3 is 1.56 bits per heavy atom. The monoisotopic (exact) mass is 468 g/mol. The van der Waals surface area contributed by atoms with E-state index >= 15 is 0 Å². The van der Waals surface area contributed by atoms with Crippen LogP contribution in [0.1, 0.15) is 42.2 Å².